The topological polar surface area (TPSA) is 135 Å². The van der Waals surface area contributed by atoms with E-state index in [2.05, 4.69) is 0 Å². The first kappa shape index (κ1) is 21.2. The SMILES string of the molecule is O=C([O-])CCC(C(=O)[O-])S(=O)(=O)O.[Na+].[Na+]. The minimum Gasteiger partial charge on any atom is -0.550 e. The van der Waals surface area contributed by atoms with Gasteiger partial charge in [-0.2, -0.15) is 8.42 Å². The van der Waals surface area contributed by atoms with Gasteiger partial charge < -0.3 is 19.8 Å². The Morgan fingerprint density at radius 3 is 1.80 bits per heavy atom. The van der Waals surface area contributed by atoms with Gasteiger partial charge in [0.2, 0.25) is 0 Å². The summed E-state index contributed by atoms with van der Waals surface area (Å²) >= 11 is 0. The van der Waals surface area contributed by atoms with E-state index in [0.717, 1.165) is 0 Å². The molecule has 0 aliphatic rings. The van der Waals surface area contributed by atoms with E-state index < -0.39 is 40.1 Å². The zero-order chi connectivity index (χ0) is 10.6. The van der Waals surface area contributed by atoms with E-state index in [1.54, 1.807) is 0 Å². The average molecular weight is 256 g/mol. The molecule has 0 aromatic rings. The number of carboxylic acids is 2. The maximum atomic E-state index is 10.3. The monoisotopic (exact) mass is 256 g/mol. The molecule has 0 heterocycles. The van der Waals surface area contributed by atoms with E-state index in [9.17, 15) is 28.2 Å². The fourth-order valence-corrected chi connectivity index (χ4v) is 1.30. The van der Waals surface area contributed by atoms with Gasteiger partial charge in [0.1, 0.15) is 5.25 Å². The van der Waals surface area contributed by atoms with E-state index in [-0.39, 0.29) is 59.1 Å². The van der Waals surface area contributed by atoms with Crippen LogP contribution in [0.15, 0.2) is 0 Å². The Labute approximate surface area is 131 Å². The summed E-state index contributed by atoms with van der Waals surface area (Å²) in [6, 6.07) is 0. The van der Waals surface area contributed by atoms with E-state index >= 15 is 0 Å². The molecule has 0 saturated heterocycles. The molecule has 0 saturated carbocycles. The smallest absolute Gasteiger partial charge is 0.550 e. The van der Waals surface area contributed by atoms with Gasteiger partial charge >= 0.3 is 59.1 Å². The number of carboxylic acid groups (broad SMARTS) is 2. The van der Waals surface area contributed by atoms with Crippen molar-refractivity contribution in [2.45, 2.75) is 18.1 Å². The van der Waals surface area contributed by atoms with Gasteiger partial charge in [0.15, 0.2) is 0 Å². The molecule has 0 rings (SSSR count). The molecule has 0 radical (unpaired) electrons. The van der Waals surface area contributed by atoms with E-state index in [0.29, 0.717) is 0 Å². The second kappa shape index (κ2) is 8.94. The van der Waals surface area contributed by atoms with Gasteiger partial charge in [-0.3, -0.25) is 4.55 Å². The zero-order valence-corrected chi connectivity index (χ0v) is 13.1. The van der Waals surface area contributed by atoms with Crippen molar-refractivity contribution in [2.24, 2.45) is 0 Å². The summed E-state index contributed by atoms with van der Waals surface area (Å²) in [5.74, 6) is -3.64. The Balaban J connectivity index is -0.000000720. The molecule has 0 aromatic carbocycles. The van der Waals surface area contributed by atoms with Crippen LogP contribution in [-0.2, 0) is 19.7 Å². The van der Waals surface area contributed by atoms with Crippen molar-refractivity contribution >= 4 is 22.1 Å². The van der Waals surface area contributed by atoms with Crippen molar-refractivity contribution in [3.05, 3.63) is 0 Å². The fourth-order valence-electron chi connectivity index (χ4n) is 0.637. The van der Waals surface area contributed by atoms with Crippen LogP contribution < -0.4 is 69.3 Å². The zero-order valence-electron chi connectivity index (χ0n) is 8.30. The standard InChI is InChI=1S/C5H8O7S.2Na/c6-4(7)2-1-3(5(8)9)13(10,11)12;;/h3H,1-2H2,(H,6,7)(H,8,9)(H,10,11,12);;/q;2*+1/p-2. The third kappa shape index (κ3) is 9.76. The molecule has 0 aliphatic carbocycles. The molecule has 1 atom stereocenters. The summed E-state index contributed by atoms with van der Waals surface area (Å²) in [6.45, 7) is 0. The van der Waals surface area contributed by atoms with Crippen LogP contribution in [0.5, 0.6) is 0 Å². The van der Waals surface area contributed by atoms with Crippen LogP contribution in [-0.4, -0.2) is 30.2 Å². The largest absolute Gasteiger partial charge is 1.00 e. The number of carbonyl (C=O) groups is 2. The number of aliphatic carboxylic acids is 2. The van der Waals surface area contributed by atoms with Gasteiger partial charge in [-0.05, 0) is 12.8 Å². The van der Waals surface area contributed by atoms with Crippen LogP contribution in [0, 0.1) is 0 Å². The molecule has 1 unspecified atom stereocenters. The third-order valence-electron chi connectivity index (χ3n) is 1.23. The first-order valence-electron chi connectivity index (χ1n) is 3.12. The fraction of sp³-hybridized carbons (Fsp3) is 0.600. The van der Waals surface area contributed by atoms with Crippen molar-refractivity contribution in [3.8, 4) is 0 Å². The molecule has 7 nitrogen and oxygen atoms in total. The minimum absolute atomic E-state index is 0. The molecule has 1 N–H and O–H groups in total. The number of carbonyl (C=O) groups excluding carboxylic acids is 2. The molecule has 10 heteroatoms. The predicted molar refractivity (Wildman–Crippen MR) is 34.6 cm³/mol. The summed E-state index contributed by atoms with van der Waals surface area (Å²) < 4.78 is 28.9. The van der Waals surface area contributed by atoms with E-state index in [1.807, 2.05) is 0 Å². The van der Waals surface area contributed by atoms with Gasteiger partial charge in [-0.25, -0.2) is 0 Å². The van der Waals surface area contributed by atoms with Crippen LogP contribution in [0.1, 0.15) is 12.8 Å². The first-order valence-corrected chi connectivity index (χ1v) is 4.62. The number of hydrogen-bond acceptors (Lipinski definition) is 6. The van der Waals surface area contributed by atoms with Crippen molar-refractivity contribution in [1.82, 2.24) is 0 Å². The molecule has 0 fully saturated rings. The number of hydrogen-bond donors (Lipinski definition) is 1. The van der Waals surface area contributed by atoms with Crippen LogP contribution in [0.25, 0.3) is 0 Å². The van der Waals surface area contributed by atoms with Crippen LogP contribution in [0.3, 0.4) is 0 Å². The molecular weight excluding hydrogens is 250 g/mol. The molecule has 0 amide bonds. The van der Waals surface area contributed by atoms with Crippen molar-refractivity contribution in [2.75, 3.05) is 0 Å². The van der Waals surface area contributed by atoms with E-state index in [1.165, 1.54) is 0 Å². The Morgan fingerprint density at radius 2 is 1.60 bits per heavy atom. The van der Waals surface area contributed by atoms with Crippen molar-refractivity contribution in [1.29, 1.82) is 0 Å². The normalized spacial score (nSPS) is 11.8. The number of rotatable bonds is 5. The predicted octanol–water partition coefficient (Wildman–Crippen LogP) is -9.47. The summed E-state index contributed by atoms with van der Waals surface area (Å²) in [4.78, 5) is 19.9. The van der Waals surface area contributed by atoms with Crippen molar-refractivity contribution < 1.29 is 91.9 Å². The Morgan fingerprint density at radius 1 is 1.20 bits per heavy atom. The second-order valence-corrected chi connectivity index (χ2v) is 3.83. The third-order valence-corrected chi connectivity index (χ3v) is 2.38. The van der Waals surface area contributed by atoms with Gasteiger partial charge in [0.05, 0.1) is 5.97 Å². The molecule has 0 spiro atoms. The van der Waals surface area contributed by atoms with Gasteiger partial charge in [0.25, 0.3) is 10.1 Å². The van der Waals surface area contributed by atoms with Crippen LogP contribution >= 0.6 is 0 Å². The quantitative estimate of drug-likeness (QED) is 0.381. The molecular formula is C5H6Na2O7S. The van der Waals surface area contributed by atoms with E-state index in [4.69, 9.17) is 4.55 Å². The second-order valence-electron chi connectivity index (χ2n) is 2.23. The Hall–Kier alpha value is 0.850. The Kier molecular flexibility index (Phi) is 12.6. The minimum atomic E-state index is -4.81. The average Bonchev–Trinajstić information content (AvgIpc) is 1.81. The maximum Gasteiger partial charge on any atom is 1.00 e. The molecule has 0 aliphatic heterocycles. The first-order chi connectivity index (χ1) is 5.75. The van der Waals surface area contributed by atoms with Crippen LogP contribution in [0.4, 0.5) is 0 Å². The van der Waals surface area contributed by atoms with Gasteiger partial charge in [-0.1, -0.05) is 0 Å². The molecule has 15 heavy (non-hydrogen) atoms. The summed E-state index contributed by atoms with van der Waals surface area (Å²) in [5.41, 5.74) is 0. The summed E-state index contributed by atoms with van der Waals surface area (Å²) in [6.07, 6.45) is -1.55. The molecule has 0 bridgehead atoms. The summed E-state index contributed by atoms with van der Waals surface area (Å²) in [5, 5.41) is 17.7. The van der Waals surface area contributed by atoms with Gasteiger partial charge in [0, 0.05) is 5.97 Å². The maximum absolute atomic E-state index is 10.3. The van der Waals surface area contributed by atoms with Gasteiger partial charge in [-0.15, -0.1) is 0 Å². The van der Waals surface area contributed by atoms with Crippen LogP contribution in [0.2, 0.25) is 0 Å². The summed E-state index contributed by atoms with van der Waals surface area (Å²) in [7, 11) is -4.81. The molecule has 76 valence electrons. The Bertz CT molecular complexity index is 311. The molecule has 0 aromatic heterocycles. The van der Waals surface area contributed by atoms with Crippen molar-refractivity contribution in [3.63, 3.8) is 0 Å².